The number of carbonyl (C=O) groups excluding carboxylic acids is 2. The van der Waals surface area contributed by atoms with Gasteiger partial charge in [0.1, 0.15) is 11.9 Å². The number of likely N-dealkylation sites (tertiary alicyclic amines) is 1. The van der Waals surface area contributed by atoms with E-state index in [1.807, 2.05) is 23.1 Å². The Balaban J connectivity index is 1.24. The van der Waals surface area contributed by atoms with Crippen LogP contribution in [0.3, 0.4) is 0 Å². The van der Waals surface area contributed by atoms with Crippen molar-refractivity contribution >= 4 is 46.8 Å². The van der Waals surface area contributed by atoms with E-state index in [1.54, 1.807) is 11.8 Å². The van der Waals surface area contributed by atoms with Gasteiger partial charge in [-0.05, 0) is 61.2 Å². The summed E-state index contributed by atoms with van der Waals surface area (Å²) in [6.45, 7) is 2.27. The molecule has 1 unspecified atom stereocenters. The van der Waals surface area contributed by atoms with Gasteiger partial charge < -0.3 is 15.5 Å². The Hall–Kier alpha value is -1.80. The van der Waals surface area contributed by atoms with E-state index in [-0.39, 0.29) is 11.8 Å². The number of hydrogen-bond acceptors (Lipinski definition) is 4. The van der Waals surface area contributed by atoms with Crippen LogP contribution < -0.4 is 10.6 Å². The maximum absolute atomic E-state index is 13.2. The summed E-state index contributed by atoms with van der Waals surface area (Å²) in [5, 5.41) is 7.56. The van der Waals surface area contributed by atoms with Gasteiger partial charge in [0.15, 0.2) is 0 Å². The van der Waals surface area contributed by atoms with Crippen LogP contribution in [0, 0.1) is 5.82 Å². The van der Waals surface area contributed by atoms with Gasteiger partial charge in [0.2, 0.25) is 5.91 Å². The van der Waals surface area contributed by atoms with Gasteiger partial charge in [0.25, 0.3) is 5.91 Å². The van der Waals surface area contributed by atoms with E-state index in [2.05, 4.69) is 10.6 Å². The normalized spacial score (nSPS) is 20.3. The standard InChI is InChI=1S/C25H28Cl2FN3O2S/c26-20-8-5-17(13-21(20)27)19-14-22(19)29-9-12-34-15-23(25(33)31-10-1-2-11-31)30-24(32)16-3-6-18(28)7-4-16/h3-8,13,19,22-23,29H,1-2,9-12,14-15H2,(H,30,32)/t19-,22?,23-/m0/s1. The van der Waals surface area contributed by atoms with Crippen molar-refractivity contribution in [2.75, 3.05) is 31.1 Å². The highest BCUT2D eigenvalue weighted by Gasteiger charge is 2.38. The second-order valence-corrected chi connectivity index (χ2v) is 10.7. The first-order valence-corrected chi connectivity index (χ1v) is 13.4. The van der Waals surface area contributed by atoms with E-state index in [1.165, 1.54) is 29.8 Å². The summed E-state index contributed by atoms with van der Waals surface area (Å²) in [6.07, 6.45) is 3.04. The second kappa shape index (κ2) is 11.8. The molecule has 2 aromatic carbocycles. The smallest absolute Gasteiger partial charge is 0.251 e. The van der Waals surface area contributed by atoms with E-state index in [0.717, 1.165) is 44.6 Å². The summed E-state index contributed by atoms with van der Waals surface area (Å²) in [5.74, 6) is 0.945. The molecule has 3 atom stereocenters. The third-order valence-electron chi connectivity index (χ3n) is 6.23. The number of amides is 2. The number of hydrogen-bond donors (Lipinski definition) is 2. The van der Waals surface area contributed by atoms with Crippen molar-refractivity contribution in [3.05, 3.63) is 69.5 Å². The molecule has 2 amide bonds. The van der Waals surface area contributed by atoms with Crippen molar-refractivity contribution in [3.63, 3.8) is 0 Å². The van der Waals surface area contributed by atoms with Crippen LogP contribution in [0.1, 0.15) is 41.1 Å². The Labute approximate surface area is 213 Å². The molecular weight excluding hydrogens is 496 g/mol. The molecule has 2 N–H and O–H groups in total. The number of nitrogens with one attached hydrogen (secondary N) is 2. The van der Waals surface area contributed by atoms with Crippen LogP contribution in [0.4, 0.5) is 4.39 Å². The van der Waals surface area contributed by atoms with Crippen molar-refractivity contribution < 1.29 is 14.0 Å². The number of rotatable bonds is 10. The van der Waals surface area contributed by atoms with Crippen LogP contribution in [-0.4, -0.2) is 59.9 Å². The Morgan fingerprint density at radius 1 is 1.09 bits per heavy atom. The Morgan fingerprint density at radius 2 is 1.82 bits per heavy atom. The Bertz CT molecular complexity index is 1020. The third-order valence-corrected chi connectivity index (χ3v) is 8.03. The predicted molar refractivity (Wildman–Crippen MR) is 136 cm³/mol. The maximum Gasteiger partial charge on any atom is 0.251 e. The minimum absolute atomic E-state index is 0.0460. The molecule has 182 valence electrons. The van der Waals surface area contributed by atoms with Gasteiger partial charge in [-0.15, -0.1) is 0 Å². The summed E-state index contributed by atoms with van der Waals surface area (Å²) in [6, 6.07) is 11.0. The van der Waals surface area contributed by atoms with E-state index in [4.69, 9.17) is 23.2 Å². The Morgan fingerprint density at radius 3 is 2.53 bits per heavy atom. The van der Waals surface area contributed by atoms with Crippen LogP contribution in [-0.2, 0) is 4.79 Å². The summed E-state index contributed by atoms with van der Waals surface area (Å²) >= 11 is 13.8. The zero-order valence-electron chi connectivity index (χ0n) is 18.7. The van der Waals surface area contributed by atoms with Gasteiger partial charge >= 0.3 is 0 Å². The molecule has 34 heavy (non-hydrogen) atoms. The molecule has 1 heterocycles. The van der Waals surface area contributed by atoms with Gasteiger partial charge in [-0.2, -0.15) is 11.8 Å². The van der Waals surface area contributed by atoms with E-state index in [0.29, 0.717) is 33.3 Å². The van der Waals surface area contributed by atoms with Crippen molar-refractivity contribution in [1.29, 1.82) is 0 Å². The molecule has 0 bridgehead atoms. The van der Waals surface area contributed by atoms with Crippen molar-refractivity contribution in [1.82, 2.24) is 15.5 Å². The van der Waals surface area contributed by atoms with E-state index < -0.39 is 11.9 Å². The SMILES string of the molecule is O=C(N[C@@H](CSCCNC1C[C@H]1c1ccc(Cl)c(Cl)c1)C(=O)N1CCCC1)c1ccc(F)cc1. The minimum atomic E-state index is -0.606. The minimum Gasteiger partial charge on any atom is -0.341 e. The van der Waals surface area contributed by atoms with Crippen LogP contribution in [0.2, 0.25) is 10.0 Å². The average Bonchev–Trinajstić information content (AvgIpc) is 3.38. The van der Waals surface area contributed by atoms with Gasteiger partial charge in [-0.1, -0.05) is 29.3 Å². The number of thioether (sulfide) groups is 1. The van der Waals surface area contributed by atoms with Crippen LogP contribution in [0.5, 0.6) is 0 Å². The van der Waals surface area contributed by atoms with Crippen molar-refractivity contribution in [2.24, 2.45) is 0 Å². The number of carbonyl (C=O) groups is 2. The molecule has 2 fully saturated rings. The van der Waals surface area contributed by atoms with Crippen molar-refractivity contribution in [3.8, 4) is 0 Å². The van der Waals surface area contributed by atoms with Crippen LogP contribution in [0.25, 0.3) is 0 Å². The summed E-state index contributed by atoms with van der Waals surface area (Å²) in [4.78, 5) is 27.5. The maximum atomic E-state index is 13.2. The molecule has 1 aliphatic carbocycles. The highest BCUT2D eigenvalue weighted by molar-refractivity contribution is 7.99. The fraction of sp³-hybridized carbons (Fsp3) is 0.440. The average molecular weight is 524 g/mol. The van der Waals surface area contributed by atoms with Gasteiger partial charge in [-0.3, -0.25) is 9.59 Å². The highest BCUT2D eigenvalue weighted by Crippen LogP contribution is 2.42. The zero-order valence-corrected chi connectivity index (χ0v) is 21.1. The summed E-state index contributed by atoms with van der Waals surface area (Å²) in [7, 11) is 0. The lowest BCUT2D eigenvalue weighted by Gasteiger charge is -2.24. The topological polar surface area (TPSA) is 61.4 Å². The quantitative estimate of drug-likeness (QED) is 0.442. The van der Waals surface area contributed by atoms with Gasteiger partial charge in [-0.25, -0.2) is 4.39 Å². The predicted octanol–water partition coefficient (Wildman–Crippen LogP) is 4.73. The largest absolute Gasteiger partial charge is 0.341 e. The molecule has 0 radical (unpaired) electrons. The molecule has 1 saturated carbocycles. The molecule has 4 rings (SSSR count). The lowest BCUT2D eigenvalue weighted by Crippen LogP contribution is -2.49. The molecular formula is C25H28Cl2FN3O2S. The number of nitrogens with zero attached hydrogens (tertiary/aromatic N) is 1. The van der Waals surface area contributed by atoms with Crippen LogP contribution >= 0.6 is 35.0 Å². The first-order valence-electron chi connectivity index (χ1n) is 11.5. The third kappa shape index (κ3) is 6.66. The van der Waals surface area contributed by atoms with Crippen LogP contribution in [0.15, 0.2) is 42.5 Å². The molecule has 0 spiro atoms. The van der Waals surface area contributed by atoms with Gasteiger partial charge in [0, 0.05) is 48.7 Å². The monoisotopic (exact) mass is 523 g/mol. The first-order chi connectivity index (χ1) is 16.4. The highest BCUT2D eigenvalue weighted by atomic mass is 35.5. The molecule has 1 aliphatic heterocycles. The molecule has 9 heteroatoms. The lowest BCUT2D eigenvalue weighted by molar-refractivity contribution is -0.131. The molecule has 1 saturated heterocycles. The van der Waals surface area contributed by atoms with E-state index in [9.17, 15) is 14.0 Å². The van der Waals surface area contributed by atoms with Crippen molar-refractivity contribution in [2.45, 2.75) is 37.3 Å². The lowest BCUT2D eigenvalue weighted by atomic mass is 10.1. The van der Waals surface area contributed by atoms with E-state index >= 15 is 0 Å². The van der Waals surface area contributed by atoms with Gasteiger partial charge in [0.05, 0.1) is 10.0 Å². The summed E-state index contributed by atoms with van der Waals surface area (Å²) in [5.41, 5.74) is 1.54. The zero-order chi connectivity index (χ0) is 24.1. The molecule has 2 aliphatic rings. The first kappa shape index (κ1) is 25.3. The molecule has 0 aromatic heterocycles. The number of halogens is 3. The summed E-state index contributed by atoms with van der Waals surface area (Å²) < 4.78 is 13.2. The molecule has 2 aromatic rings. The fourth-order valence-corrected chi connectivity index (χ4v) is 5.42. The Kier molecular flexibility index (Phi) is 8.75. The molecule has 5 nitrogen and oxygen atoms in total. The second-order valence-electron chi connectivity index (χ2n) is 8.72. The number of benzene rings is 2. The fourth-order valence-electron chi connectivity index (χ4n) is 4.23.